The molecule has 1 saturated heterocycles. The van der Waals surface area contributed by atoms with Crippen molar-refractivity contribution in [2.75, 3.05) is 32.7 Å². The molecule has 6 nitrogen and oxygen atoms in total. The first-order valence-corrected chi connectivity index (χ1v) is 10.0. The first-order valence-electron chi connectivity index (χ1n) is 9.14. The third-order valence-electron chi connectivity index (χ3n) is 4.91. The summed E-state index contributed by atoms with van der Waals surface area (Å²) in [4.78, 5) is 17.7. The maximum Gasteiger partial charge on any atom is 0.271 e. The highest BCUT2D eigenvalue weighted by molar-refractivity contribution is 7.10. The smallest absolute Gasteiger partial charge is 0.271 e. The van der Waals surface area contributed by atoms with Gasteiger partial charge in [0.1, 0.15) is 17.6 Å². The number of hydrogen-bond acceptors (Lipinski definition) is 5. The van der Waals surface area contributed by atoms with Crippen LogP contribution < -0.4 is 0 Å². The van der Waals surface area contributed by atoms with Gasteiger partial charge in [-0.2, -0.15) is 5.10 Å². The monoisotopic (exact) mass is 400 g/mol. The Bertz CT molecular complexity index is 918. The number of rotatable bonds is 5. The molecule has 1 atom stereocenters. The number of piperazine rings is 1. The number of amides is 1. The summed E-state index contributed by atoms with van der Waals surface area (Å²) in [7, 11) is 0. The van der Waals surface area contributed by atoms with Gasteiger partial charge in [0.15, 0.2) is 0 Å². The van der Waals surface area contributed by atoms with Gasteiger partial charge in [0.05, 0.1) is 5.69 Å². The van der Waals surface area contributed by atoms with Gasteiger partial charge >= 0.3 is 0 Å². The van der Waals surface area contributed by atoms with Crippen LogP contribution in [-0.2, 0) is 0 Å². The Labute approximate surface area is 166 Å². The first kappa shape index (κ1) is 18.8. The number of hydrogen-bond donors (Lipinski definition) is 2. The van der Waals surface area contributed by atoms with Crippen LogP contribution in [0.4, 0.5) is 4.39 Å². The first-order chi connectivity index (χ1) is 13.6. The second-order valence-corrected chi connectivity index (χ2v) is 7.78. The molecule has 28 heavy (non-hydrogen) atoms. The number of carbonyl (C=O) groups is 1. The standard InChI is InChI=1S/C20H21FN4O2S/c21-15-5-3-14(4-6-15)16-12-17(23-22-16)20(27)25-9-7-24(8-10-25)13-18(26)19-2-1-11-28-19/h1-6,11-12,18,26H,7-10,13H2,(H,22,23)/t18-/m0/s1. The maximum absolute atomic E-state index is 13.1. The molecule has 4 rings (SSSR count). The van der Waals surface area contributed by atoms with E-state index in [1.54, 1.807) is 34.4 Å². The van der Waals surface area contributed by atoms with E-state index in [0.717, 1.165) is 10.4 Å². The van der Waals surface area contributed by atoms with Gasteiger partial charge in [-0.1, -0.05) is 6.07 Å². The highest BCUT2D eigenvalue weighted by atomic mass is 32.1. The predicted molar refractivity (Wildman–Crippen MR) is 106 cm³/mol. The Morgan fingerprint density at radius 1 is 1.21 bits per heavy atom. The summed E-state index contributed by atoms with van der Waals surface area (Å²) in [5.41, 5.74) is 1.79. The molecule has 1 aliphatic heterocycles. The number of β-amino-alcohol motifs (C(OH)–C–C–N with tert-alkyl or cyclic N) is 1. The van der Waals surface area contributed by atoms with Crippen LogP contribution in [-0.4, -0.2) is 63.7 Å². The SMILES string of the molecule is O=C(c1cc(-c2ccc(F)cc2)n[nH]1)N1CCN(C[C@H](O)c2cccs2)CC1. The fourth-order valence-corrected chi connectivity index (χ4v) is 4.02. The molecule has 0 spiro atoms. The second-order valence-electron chi connectivity index (χ2n) is 6.80. The Hall–Kier alpha value is -2.55. The number of carbonyl (C=O) groups excluding carboxylic acids is 1. The highest BCUT2D eigenvalue weighted by Gasteiger charge is 2.25. The van der Waals surface area contributed by atoms with Crippen molar-refractivity contribution in [1.82, 2.24) is 20.0 Å². The van der Waals surface area contributed by atoms with Crippen molar-refractivity contribution < 1.29 is 14.3 Å². The van der Waals surface area contributed by atoms with Crippen molar-refractivity contribution in [2.45, 2.75) is 6.10 Å². The van der Waals surface area contributed by atoms with E-state index in [0.29, 0.717) is 44.1 Å². The van der Waals surface area contributed by atoms with E-state index < -0.39 is 6.10 Å². The number of nitrogens with zero attached hydrogens (tertiary/aromatic N) is 3. The number of aromatic amines is 1. The van der Waals surface area contributed by atoms with Crippen LogP contribution in [0.2, 0.25) is 0 Å². The van der Waals surface area contributed by atoms with Crippen LogP contribution in [0, 0.1) is 5.82 Å². The second kappa shape index (κ2) is 8.22. The van der Waals surface area contributed by atoms with E-state index in [9.17, 15) is 14.3 Å². The molecule has 2 aromatic heterocycles. The number of aliphatic hydroxyl groups excluding tert-OH is 1. The summed E-state index contributed by atoms with van der Waals surface area (Å²) in [5.74, 6) is -0.406. The van der Waals surface area contributed by atoms with Crippen LogP contribution in [0.3, 0.4) is 0 Å². The number of aromatic nitrogens is 2. The van der Waals surface area contributed by atoms with Gasteiger partial charge in [-0.15, -0.1) is 11.3 Å². The molecule has 2 N–H and O–H groups in total. The Kier molecular flexibility index (Phi) is 5.52. The summed E-state index contributed by atoms with van der Waals surface area (Å²) in [5, 5.41) is 19.2. The molecule has 8 heteroatoms. The third kappa shape index (κ3) is 4.14. The van der Waals surface area contributed by atoms with Gasteiger partial charge in [-0.3, -0.25) is 14.8 Å². The average Bonchev–Trinajstić information content (AvgIpc) is 3.41. The molecule has 3 aromatic rings. The molecular weight excluding hydrogens is 379 g/mol. The van der Waals surface area contributed by atoms with Crippen LogP contribution >= 0.6 is 11.3 Å². The zero-order chi connectivity index (χ0) is 19.5. The minimum absolute atomic E-state index is 0.0979. The normalized spacial score (nSPS) is 16.3. The molecule has 1 amide bonds. The summed E-state index contributed by atoms with van der Waals surface area (Å²) >= 11 is 1.55. The number of benzene rings is 1. The molecular formula is C20H21FN4O2S. The number of nitrogens with one attached hydrogen (secondary N) is 1. The van der Waals surface area contributed by atoms with Gasteiger partial charge in [0, 0.05) is 43.2 Å². The van der Waals surface area contributed by atoms with Crippen molar-refractivity contribution >= 4 is 17.2 Å². The third-order valence-corrected chi connectivity index (χ3v) is 5.88. The molecule has 3 heterocycles. The lowest BCUT2D eigenvalue weighted by atomic mass is 10.1. The molecule has 0 bridgehead atoms. The van der Waals surface area contributed by atoms with Crippen molar-refractivity contribution in [2.24, 2.45) is 0 Å². The summed E-state index contributed by atoms with van der Waals surface area (Å²) in [6.07, 6.45) is -0.492. The Morgan fingerprint density at radius 2 is 1.96 bits per heavy atom. The minimum atomic E-state index is -0.492. The molecule has 1 aliphatic rings. The van der Waals surface area contributed by atoms with Gasteiger partial charge in [0.2, 0.25) is 0 Å². The lowest BCUT2D eigenvalue weighted by Crippen LogP contribution is -2.49. The van der Waals surface area contributed by atoms with Gasteiger partial charge < -0.3 is 10.0 Å². The lowest BCUT2D eigenvalue weighted by Gasteiger charge is -2.35. The van der Waals surface area contributed by atoms with Gasteiger partial charge in [-0.25, -0.2) is 4.39 Å². The molecule has 0 aliphatic carbocycles. The molecule has 146 valence electrons. The number of H-pyrrole nitrogens is 1. The van der Waals surface area contributed by atoms with Gasteiger partial charge in [0.25, 0.3) is 5.91 Å². The molecule has 1 fully saturated rings. The Balaban J connectivity index is 1.33. The number of thiophene rings is 1. The van der Waals surface area contributed by atoms with Crippen molar-refractivity contribution in [1.29, 1.82) is 0 Å². The zero-order valence-corrected chi connectivity index (χ0v) is 16.0. The van der Waals surface area contributed by atoms with Crippen LogP contribution in [0.1, 0.15) is 21.5 Å². The van der Waals surface area contributed by atoms with Crippen molar-refractivity contribution in [3.05, 3.63) is 64.2 Å². The predicted octanol–water partition coefficient (Wildman–Crippen LogP) is 2.77. The van der Waals surface area contributed by atoms with E-state index in [1.807, 2.05) is 17.5 Å². The van der Waals surface area contributed by atoms with E-state index in [2.05, 4.69) is 15.1 Å². The highest BCUT2D eigenvalue weighted by Crippen LogP contribution is 2.21. The van der Waals surface area contributed by atoms with E-state index >= 15 is 0 Å². The minimum Gasteiger partial charge on any atom is -0.386 e. The van der Waals surface area contributed by atoms with E-state index in [-0.39, 0.29) is 11.7 Å². The fraction of sp³-hybridized carbons (Fsp3) is 0.300. The molecule has 0 radical (unpaired) electrons. The van der Waals surface area contributed by atoms with Crippen LogP contribution in [0.25, 0.3) is 11.3 Å². The maximum atomic E-state index is 13.1. The molecule has 0 unspecified atom stereocenters. The molecule has 1 aromatic carbocycles. The number of aliphatic hydroxyl groups is 1. The summed E-state index contributed by atoms with van der Waals surface area (Å²) in [6, 6.07) is 11.6. The van der Waals surface area contributed by atoms with E-state index in [4.69, 9.17) is 0 Å². The number of halogens is 1. The molecule has 0 saturated carbocycles. The topological polar surface area (TPSA) is 72.5 Å². The van der Waals surface area contributed by atoms with Crippen LogP contribution in [0.5, 0.6) is 0 Å². The summed E-state index contributed by atoms with van der Waals surface area (Å²) in [6.45, 7) is 3.20. The van der Waals surface area contributed by atoms with Gasteiger partial charge in [-0.05, 0) is 41.8 Å². The van der Waals surface area contributed by atoms with E-state index in [1.165, 1.54) is 12.1 Å². The largest absolute Gasteiger partial charge is 0.386 e. The quantitative estimate of drug-likeness (QED) is 0.691. The van der Waals surface area contributed by atoms with Crippen LogP contribution in [0.15, 0.2) is 47.8 Å². The van der Waals surface area contributed by atoms with Crippen molar-refractivity contribution in [3.63, 3.8) is 0 Å². The zero-order valence-electron chi connectivity index (χ0n) is 15.2. The lowest BCUT2D eigenvalue weighted by molar-refractivity contribution is 0.0528. The fourth-order valence-electron chi connectivity index (χ4n) is 3.32. The Morgan fingerprint density at radius 3 is 2.64 bits per heavy atom. The summed E-state index contributed by atoms with van der Waals surface area (Å²) < 4.78 is 13.1. The van der Waals surface area contributed by atoms with Crippen molar-refractivity contribution in [3.8, 4) is 11.3 Å². The average molecular weight is 400 g/mol.